The third-order valence-corrected chi connectivity index (χ3v) is 6.23. The van der Waals surface area contributed by atoms with Crippen LogP contribution in [0.3, 0.4) is 0 Å². The van der Waals surface area contributed by atoms with Gasteiger partial charge in [0.2, 0.25) is 5.91 Å². The molecule has 138 valence electrons. The van der Waals surface area contributed by atoms with Gasteiger partial charge in [0.25, 0.3) is 10.0 Å². The highest BCUT2D eigenvalue weighted by Crippen LogP contribution is 2.20. The molecule has 2 aromatic carbocycles. The lowest BCUT2D eigenvalue weighted by atomic mass is 10.1. The second-order valence-corrected chi connectivity index (χ2v) is 8.47. The maximum atomic E-state index is 12.6. The Balaban J connectivity index is 1.66. The summed E-state index contributed by atoms with van der Waals surface area (Å²) >= 11 is 0. The summed E-state index contributed by atoms with van der Waals surface area (Å²) < 4.78 is 27.7. The Morgan fingerprint density at radius 1 is 1.04 bits per heavy atom. The predicted octanol–water partition coefficient (Wildman–Crippen LogP) is 3.27. The van der Waals surface area contributed by atoms with Crippen LogP contribution in [-0.2, 0) is 21.2 Å². The molecule has 1 fully saturated rings. The van der Waals surface area contributed by atoms with Crippen LogP contribution in [0.15, 0.2) is 47.4 Å². The molecule has 26 heavy (non-hydrogen) atoms. The summed E-state index contributed by atoms with van der Waals surface area (Å²) in [6, 6.07) is 12.4. The van der Waals surface area contributed by atoms with Crippen LogP contribution in [0.2, 0.25) is 0 Å². The summed E-state index contributed by atoms with van der Waals surface area (Å²) in [5.74, 6) is 0.210. The van der Waals surface area contributed by atoms with Crippen LogP contribution >= 0.6 is 0 Å². The molecule has 0 unspecified atom stereocenters. The lowest BCUT2D eigenvalue weighted by Crippen LogP contribution is -2.26. The maximum Gasteiger partial charge on any atom is 0.261 e. The van der Waals surface area contributed by atoms with Crippen molar-refractivity contribution in [3.05, 3.63) is 59.2 Å². The average molecular weight is 372 g/mol. The quantitative estimate of drug-likeness (QED) is 0.846. The van der Waals surface area contributed by atoms with Crippen LogP contribution in [0.1, 0.15) is 29.5 Å². The predicted molar refractivity (Wildman–Crippen MR) is 103 cm³/mol. The number of aryl methyl sites for hydroxylation is 2. The molecule has 1 N–H and O–H groups in total. The first kappa shape index (κ1) is 18.5. The Kier molecular flexibility index (Phi) is 5.32. The van der Waals surface area contributed by atoms with E-state index in [1.165, 1.54) is 0 Å². The molecule has 1 saturated heterocycles. The minimum atomic E-state index is -3.61. The number of hydrogen-bond donors (Lipinski definition) is 1. The van der Waals surface area contributed by atoms with Gasteiger partial charge in [-0.3, -0.25) is 9.52 Å². The van der Waals surface area contributed by atoms with Gasteiger partial charge in [0.05, 0.1) is 4.90 Å². The van der Waals surface area contributed by atoms with Crippen molar-refractivity contribution in [2.45, 2.75) is 38.0 Å². The third kappa shape index (κ3) is 4.25. The molecule has 0 atom stereocenters. The number of hydrogen-bond acceptors (Lipinski definition) is 3. The molecule has 0 saturated carbocycles. The zero-order valence-corrected chi connectivity index (χ0v) is 16.0. The van der Waals surface area contributed by atoms with Gasteiger partial charge >= 0.3 is 0 Å². The van der Waals surface area contributed by atoms with Crippen molar-refractivity contribution in [3.63, 3.8) is 0 Å². The second kappa shape index (κ2) is 7.50. The highest BCUT2D eigenvalue weighted by Gasteiger charge is 2.19. The fraction of sp³-hybridized carbons (Fsp3) is 0.350. The van der Waals surface area contributed by atoms with Crippen molar-refractivity contribution >= 4 is 21.6 Å². The minimum Gasteiger partial charge on any atom is -0.342 e. The molecule has 3 rings (SSSR count). The summed E-state index contributed by atoms with van der Waals surface area (Å²) in [7, 11) is -3.61. The standard InChI is InChI=1S/C20H24N2O3S/c1-15-5-8-18(14-16(15)2)21-26(24,25)19-9-6-17(7-10-19)11-13-22-12-3-4-20(22)23/h5-10,14,21H,3-4,11-13H2,1-2H3. The molecule has 1 heterocycles. The van der Waals surface area contributed by atoms with E-state index in [-0.39, 0.29) is 10.8 Å². The molecule has 1 aliphatic heterocycles. The van der Waals surface area contributed by atoms with Crippen LogP contribution in [0, 0.1) is 13.8 Å². The van der Waals surface area contributed by atoms with E-state index in [9.17, 15) is 13.2 Å². The first-order chi connectivity index (χ1) is 12.3. The SMILES string of the molecule is Cc1ccc(NS(=O)(=O)c2ccc(CCN3CCCC3=O)cc2)cc1C. The Morgan fingerprint density at radius 2 is 1.77 bits per heavy atom. The molecule has 0 spiro atoms. The van der Waals surface area contributed by atoms with E-state index in [0.717, 1.165) is 36.1 Å². The minimum absolute atomic E-state index is 0.210. The van der Waals surface area contributed by atoms with E-state index >= 15 is 0 Å². The van der Waals surface area contributed by atoms with Gasteiger partial charge < -0.3 is 4.90 Å². The highest BCUT2D eigenvalue weighted by atomic mass is 32.2. The average Bonchev–Trinajstić information content (AvgIpc) is 3.01. The Morgan fingerprint density at radius 3 is 2.38 bits per heavy atom. The number of nitrogens with zero attached hydrogens (tertiary/aromatic N) is 1. The van der Waals surface area contributed by atoms with Gasteiger partial charge in [-0.2, -0.15) is 0 Å². The van der Waals surface area contributed by atoms with Crippen molar-refractivity contribution in [2.24, 2.45) is 0 Å². The number of rotatable bonds is 6. The van der Waals surface area contributed by atoms with Crippen LogP contribution in [-0.4, -0.2) is 32.3 Å². The maximum absolute atomic E-state index is 12.6. The van der Waals surface area contributed by atoms with Crippen LogP contribution < -0.4 is 4.72 Å². The molecule has 1 amide bonds. The molecule has 5 nitrogen and oxygen atoms in total. The molecule has 6 heteroatoms. The number of nitrogens with one attached hydrogen (secondary N) is 1. The van der Waals surface area contributed by atoms with Gasteiger partial charge in [0, 0.05) is 25.2 Å². The Bertz CT molecular complexity index is 905. The summed E-state index contributed by atoms with van der Waals surface area (Å²) in [6.07, 6.45) is 2.30. The van der Waals surface area contributed by atoms with E-state index in [4.69, 9.17) is 0 Å². The van der Waals surface area contributed by atoms with Crippen molar-refractivity contribution in [3.8, 4) is 0 Å². The molecule has 0 aromatic heterocycles. The molecular formula is C20H24N2O3S. The monoisotopic (exact) mass is 372 g/mol. The zero-order chi connectivity index (χ0) is 18.7. The number of likely N-dealkylation sites (tertiary alicyclic amines) is 1. The van der Waals surface area contributed by atoms with Gasteiger partial charge in [0.15, 0.2) is 0 Å². The van der Waals surface area contributed by atoms with E-state index in [2.05, 4.69) is 4.72 Å². The van der Waals surface area contributed by atoms with E-state index in [1.54, 1.807) is 18.2 Å². The topological polar surface area (TPSA) is 66.5 Å². The number of anilines is 1. The number of benzene rings is 2. The number of sulfonamides is 1. The van der Waals surface area contributed by atoms with Crippen LogP contribution in [0.25, 0.3) is 0 Å². The number of carbonyl (C=O) groups excluding carboxylic acids is 1. The zero-order valence-electron chi connectivity index (χ0n) is 15.2. The first-order valence-corrected chi connectivity index (χ1v) is 10.3. The van der Waals surface area contributed by atoms with Gasteiger partial charge in [0.1, 0.15) is 0 Å². The van der Waals surface area contributed by atoms with Crippen LogP contribution in [0.5, 0.6) is 0 Å². The Hall–Kier alpha value is -2.34. The largest absolute Gasteiger partial charge is 0.342 e. The van der Waals surface area contributed by atoms with Crippen LogP contribution in [0.4, 0.5) is 5.69 Å². The lowest BCUT2D eigenvalue weighted by molar-refractivity contribution is -0.127. The third-order valence-electron chi connectivity index (χ3n) is 4.83. The van der Waals surface area contributed by atoms with Crippen molar-refractivity contribution in [1.29, 1.82) is 0 Å². The normalized spacial score (nSPS) is 14.7. The van der Waals surface area contributed by atoms with Gasteiger partial charge in [-0.25, -0.2) is 8.42 Å². The Labute approximate surface area is 155 Å². The van der Waals surface area contributed by atoms with Crippen molar-refractivity contribution < 1.29 is 13.2 Å². The summed E-state index contributed by atoms with van der Waals surface area (Å²) in [6.45, 7) is 5.45. The van der Waals surface area contributed by atoms with E-state index < -0.39 is 10.0 Å². The number of amides is 1. The molecule has 2 aromatic rings. The van der Waals surface area contributed by atoms with Gasteiger partial charge in [-0.15, -0.1) is 0 Å². The van der Waals surface area contributed by atoms with Gasteiger partial charge in [-0.05, 0) is 67.6 Å². The second-order valence-electron chi connectivity index (χ2n) is 6.78. The molecule has 1 aliphatic rings. The smallest absolute Gasteiger partial charge is 0.261 e. The molecule has 0 radical (unpaired) electrons. The fourth-order valence-electron chi connectivity index (χ4n) is 3.06. The van der Waals surface area contributed by atoms with E-state index in [1.807, 2.05) is 43.0 Å². The van der Waals surface area contributed by atoms with Crippen molar-refractivity contribution in [1.82, 2.24) is 4.90 Å². The fourth-order valence-corrected chi connectivity index (χ4v) is 4.11. The molecule has 0 bridgehead atoms. The van der Waals surface area contributed by atoms with E-state index in [0.29, 0.717) is 18.7 Å². The van der Waals surface area contributed by atoms with Crippen molar-refractivity contribution in [2.75, 3.05) is 17.8 Å². The highest BCUT2D eigenvalue weighted by molar-refractivity contribution is 7.92. The first-order valence-electron chi connectivity index (χ1n) is 8.82. The molecular weight excluding hydrogens is 348 g/mol. The molecule has 0 aliphatic carbocycles. The number of carbonyl (C=O) groups is 1. The van der Waals surface area contributed by atoms with Gasteiger partial charge in [-0.1, -0.05) is 18.2 Å². The summed E-state index contributed by atoms with van der Waals surface area (Å²) in [5.41, 5.74) is 3.74. The lowest BCUT2D eigenvalue weighted by Gasteiger charge is -2.15. The summed E-state index contributed by atoms with van der Waals surface area (Å²) in [4.78, 5) is 13.7. The summed E-state index contributed by atoms with van der Waals surface area (Å²) in [5, 5.41) is 0.